The summed E-state index contributed by atoms with van der Waals surface area (Å²) >= 11 is 0. The van der Waals surface area contributed by atoms with Crippen LogP contribution in [-0.4, -0.2) is 29.4 Å². The molecule has 2 rings (SSSR count). The number of carboxylic acids is 1. The van der Waals surface area contributed by atoms with Crippen molar-refractivity contribution in [3.8, 4) is 0 Å². The van der Waals surface area contributed by atoms with Crippen molar-refractivity contribution < 1.29 is 19.5 Å². The zero-order valence-corrected chi connectivity index (χ0v) is 15.7. The van der Waals surface area contributed by atoms with Crippen molar-refractivity contribution in [1.82, 2.24) is 5.32 Å². The van der Waals surface area contributed by atoms with E-state index in [2.05, 4.69) is 31.4 Å². The fourth-order valence-corrected chi connectivity index (χ4v) is 2.41. The second-order valence-corrected chi connectivity index (χ2v) is 7.26. The Balaban J connectivity index is 1.96. The third kappa shape index (κ3) is 5.95. The van der Waals surface area contributed by atoms with E-state index >= 15 is 0 Å². The third-order valence-electron chi connectivity index (χ3n) is 4.04. The van der Waals surface area contributed by atoms with Gasteiger partial charge in [-0.05, 0) is 47.4 Å². The van der Waals surface area contributed by atoms with Crippen LogP contribution in [0.4, 0.5) is 5.69 Å². The normalized spacial score (nSPS) is 10.9. The minimum atomic E-state index is -0.969. The predicted octanol–water partition coefficient (Wildman–Crippen LogP) is 3.44. The number of anilines is 1. The standard InChI is InChI=1S/C21H24N2O4/c1-21(2,3)16-8-4-15(5-9-16)20(27)23-17-10-6-14(7-11-17)19(26)22-13-12-18(24)25/h4-11H,12-13H2,1-3H3,(H,22,26)(H,23,27)(H,24,25). The van der Waals surface area contributed by atoms with Gasteiger partial charge in [0.15, 0.2) is 0 Å². The van der Waals surface area contributed by atoms with Crippen LogP contribution in [0.1, 0.15) is 53.5 Å². The van der Waals surface area contributed by atoms with Crippen molar-refractivity contribution >= 4 is 23.5 Å². The molecule has 0 aromatic heterocycles. The molecule has 0 saturated heterocycles. The smallest absolute Gasteiger partial charge is 0.305 e. The molecule has 27 heavy (non-hydrogen) atoms. The highest BCUT2D eigenvalue weighted by Gasteiger charge is 2.14. The van der Waals surface area contributed by atoms with Gasteiger partial charge in [0.25, 0.3) is 11.8 Å². The SMILES string of the molecule is CC(C)(C)c1ccc(C(=O)Nc2ccc(C(=O)NCCC(=O)O)cc2)cc1. The fraction of sp³-hybridized carbons (Fsp3) is 0.286. The summed E-state index contributed by atoms with van der Waals surface area (Å²) in [6.07, 6.45) is -0.131. The van der Waals surface area contributed by atoms with Crippen molar-refractivity contribution in [2.24, 2.45) is 0 Å². The first-order valence-electron chi connectivity index (χ1n) is 8.69. The zero-order valence-electron chi connectivity index (χ0n) is 15.7. The number of benzene rings is 2. The Labute approximate surface area is 158 Å². The van der Waals surface area contributed by atoms with Gasteiger partial charge in [-0.3, -0.25) is 14.4 Å². The van der Waals surface area contributed by atoms with E-state index in [9.17, 15) is 14.4 Å². The molecule has 6 heteroatoms. The Bertz CT molecular complexity index is 819. The van der Waals surface area contributed by atoms with E-state index in [1.807, 2.05) is 12.1 Å². The van der Waals surface area contributed by atoms with E-state index in [0.717, 1.165) is 5.56 Å². The van der Waals surface area contributed by atoms with E-state index in [1.54, 1.807) is 36.4 Å². The lowest BCUT2D eigenvalue weighted by Gasteiger charge is -2.19. The van der Waals surface area contributed by atoms with Crippen molar-refractivity contribution in [1.29, 1.82) is 0 Å². The molecule has 0 spiro atoms. The Kier molecular flexibility index (Phi) is 6.34. The molecule has 2 amide bonds. The maximum atomic E-state index is 12.4. The summed E-state index contributed by atoms with van der Waals surface area (Å²) in [6, 6.07) is 13.9. The van der Waals surface area contributed by atoms with Crippen molar-refractivity contribution in [3.05, 3.63) is 65.2 Å². The van der Waals surface area contributed by atoms with Gasteiger partial charge in [-0.1, -0.05) is 32.9 Å². The van der Waals surface area contributed by atoms with E-state index in [4.69, 9.17) is 5.11 Å². The quantitative estimate of drug-likeness (QED) is 0.728. The van der Waals surface area contributed by atoms with Crippen LogP contribution in [0.25, 0.3) is 0 Å². The molecule has 2 aromatic carbocycles. The molecule has 3 N–H and O–H groups in total. The number of carbonyl (C=O) groups excluding carboxylic acids is 2. The van der Waals surface area contributed by atoms with Crippen LogP contribution in [0, 0.1) is 0 Å². The second kappa shape index (κ2) is 8.49. The first-order chi connectivity index (χ1) is 12.7. The highest BCUT2D eigenvalue weighted by molar-refractivity contribution is 6.04. The highest BCUT2D eigenvalue weighted by atomic mass is 16.4. The Morgan fingerprint density at radius 3 is 1.89 bits per heavy atom. The second-order valence-electron chi connectivity index (χ2n) is 7.26. The number of rotatable bonds is 6. The number of carboxylic acid groups (broad SMARTS) is 1. The summed E-state index contributed by atoms with van der Waals surface area (Å²) < 4.78 is 0. The van der Waals surface area contributed by atoms with E-state index in [1.165, 1.54) is 0 Å². The molecule has 0 fully saturated rings. The molecule has 0 aliphatic rings. The number of amides is 2. The zero-order chi connectivity index (χ0) is 20.0. The van der Waals surface area contributed by atoms with Crippen molar-refractivity contribution in [3.63, 3.8) is 0 Å². The Morgan fingerprint density at radius 2 is 1.37 bits per heavy atom. The molecule has 0 bridgehead atoms. The molecule has 2 aromatic rings. The molecule has 0 radical (unpaired) electrons. The summed E-state index contributed by atoms with van der Waals surface area (Å²) in [7, 11) is 0. The molecule has 0 atom stereocenters. The van der Waals surface area contributed by atoms with Gasteiger partial charge in [-0.25, -0.2) is 0 Å². The largest absolute Gasteiger partial charge is 0.481 e. The van der Waals surface area contributed by atoms with Crippen molar-refractivity contribution in [2.45, 2.75) is 32.6 Å². The third-order valence-corrected chi connectivity index (χ3v) is 4.04. The number of hydrogen-bond acceptors (Lipinski definition) is 3. The summed E-state index contributed by atoms with van der Waals surface area (Å²) in [5, 5.41) is 13.9. The number of aliphatic carboxylic acids is 1. The van der Waals surface area contributed by atoms with Gasteiger partial charge in [0.2, 0.25) is 0 Å². The van der Waals surface area contributed by atoms with Crippen LogP contribution in [0.2, 0.25) is 0 Å². The first-order valence-corrected chi connectivity index (χ1v) is 8.69. The van der Waals surface area contributed by atoms with Crippen LogP contribution in [0.5, 0.6) is 0 Å². The topological polar surface area (TPSA) is 95.5 Å². The number of hydrogen-bond donors (Lipinski definition) is 3. The summed E-state index contributed by atoms with van der Waals surface area (Å²) in [6.45, 7) is 6.40. The minimum absolute atomic E-state index is 0.0237. The minimum Gasteiger partial charge on any atom is -0.481 e. The molecule has 0 aliphatic heterocycles. The van der Waals surface area contributed by atoms with Crippen LogP contribution >= 0.6 is 0 Å². The van der Waals surface area contributed by atoms with Crippen molar-refractivity contribution in [2.75, 3.05) is 11.9 Å². The summed E-state index contributed by atoms with van der Waals surface area (Å²) in [5.74, 6) is -1.55. The average molecular weight is 368 g/mol. The number of nitrogens with one attached hydrogen (secondary N) is 2. The van der Waals surface area contributed by atoms with Crippen LogP contribution in [0.15, 0.2) is 48.5 Å². The maximum absolute atomic E-state index is 12.4. The van der Waals surface area contributed by atoms with Gasteiger partial charge < -0.3 is 15.7 Å². The molecule has 142 valence electrons. The van der Waals surface area contributed by atoms with Gasteiger partial charge in [0.1, 0.15) is 0 Å². The van der Waals surface area contributed by atoms with Crippen LogP contribution in [-0.2, 0) is 10.2 Å². The molecule has 0 saturated carbocycles. The monoisotopic (exact) mass is 368 g/mol. The van der Waals surface area contributed by atoms with Crippen LogP contribution in [0.3, 0.4) is 0 Å². The van der Waals surface area contributed by atoms with Gasteiger partial charge in [-0.2, -0.15) is 0 Å². The van der Waals surface area contributed by atoms with E-state index in [0.29, 0.717) is 16.8 Å². The Morgan fingerprint density at radius 1 is 0.852 bits per heavy atom. The molecular weight excluding hydrogens is 344 g/mol. The molecule has 0 heterocycles. The van der Waals surface area contributed by atoms with Gasteiger partial charge in [0, 0.05) is 23.4 Å². The lowest BCUT2D eigenvalue weighted by atomic mass is 9.87. The first kappa shape index (κ1) is 20.2. The summed E-state index contributed by atoms with van der Waals surface area (Å²) in [5.41, 5.74) is 2.70. The maximum Gasteiger partial charge on any atom is 0.305 e. The molecule has 6 nitrogen and oxygen atoms in total. The fourth-order valence-electron chi connectivity index (χ4n) is 2.41. The average Bonchev–Trinajstić information content (AvgIpc) is 2.61. The summed E-state index contributed by atoms with van der Waals surface area (Å²) in [4.78, 5) is 34.7. The lowest BCUT2D eigenvalue weighted by molar-refractivity contribution is -0.136. The Hall–Kier alpha value is -3.15. The molecule has 0 unspecified atom stereocenters. The van der Waals surface area contributed by atoms with Crippen LogP contribution < -0.4 is 10.6 Å². The number of carbonyl (C=O) groups is 3. The van der Waals surface area contributed by atoms with Gasteiger partial charge >= 0.3 is 5.97 Å². The molecular formula is C21H24N2O4. The van der Waals surface area contributed by atoms with E-state index < -0.39 is 5.97 Å². The van der Waals surface area contributed by atoms with Gasteiger partial charge in [0.05, 0.1) is 6.42 Å². The molecule has 0 aliphatic carbocycles. The predicted molar refractivity (Wildman–Crippen MR) is 104 cm³/mol. The van der Waals surface area contributed by atoms with Gasteiger partial charge in [-0.15, -0.1) is 0 Å². The lowest BCUT2D eigenvalue weighted by Crippen LogP contribution is -2.25. The highest BCUT2D eigenvalue weighted by Crippen LogP contribution is 2.22. The van der Waals surface area contributed by atoms with E-state index in [-0.39, 0.29) is 30.2 Å².